The summed E-state index contributed by atoms with van der Waals surface area (Å²) in [6.45, 7) is 2.11. The number of hydrogen-bond donors (Lipinski definition) is 1. The second-order valence-corrected chi connectivity index (χ2v) is 9.61. The maximum absolute atomic E-state index is 13.3. The molecule has 1 aromatic carbocycles. The van der Waals surface area contributed by atoms with E-state index in [2.05, 4.69) is 29.4 Å². The van der Waals surface area contributed by atoms with Gasteiger partial charge in [-0.05, 0) is 30.4 Å². The topological polar surface area (TPSA) is 70.7 Å². The van der Waals surface area contributed by atoms with Crippen molar-refractivity contribution >= 4 is 11.6 Å². The van der Waals surface area contributed by atoms with Crippen molar-refractivity contribution in [3.8, 4) is 11.3 Å². The number of aromatic nitrogens is 3. The summed E-state index contributed by atoms with van der Waals surface area (Å²) in [4.78, 5) is 19.8. The summed E-state index contributed by atoms with van der Waals surface area (Å²) in [7, 11) is 0. The number of aliphatic hydroxyl groups excluding tert-OH is 1. The van der Waals surface area contributed by atoms with Crippen molar-refractivity contribution in [2.75, 3.05) is 26.4 Å². The van der Waals surface area contributed by atoms with Crippen molar-refractivity contribution in [1.82, 2.24) is 19.5 Å². The highest BCUT2D eigenvalue weighted by Crippen LogP contribution is 2.34. The summed E-state index contributed by atoms with van der Waals surface area (Å²) in [6, 6.07) is 10.5. The van der Waals surface area contributed by atoms with Crippen LogP contribution in [0.3, 0.4) is 0 Å². The SMILES string of the molecule is CC(CO)c1nn2ccc(-c3ccc(C4CCCCC4)cc3)nc2c1C(=O)N1CC(CF)C1. The van der Waals surface area contributed by atoms with Gasteiger partial charge < -0.3 is 10.0 Å². The number of benzene rings is 1. The van der Waals surface area contributed by atoms with Crippen LogP contribution >= 0.6 is 0 Å². The van der Waals surface area contributed by atoms with Crippen LogP contribution in [0.15, 0.2) is 36.5 Å². The molecule has 1 saturated heterocycles. The first-order valence-corrected chi connectivity index (χ1v) is 12.0. The van der Waals surface area contributed by atoms with Crippen LogP contribution in [0, 0.1) is 5.92 Å². The fraction of sp³-hybridized carbons (Fsp3) is 0.500. The van der Waals surface area contributed by atoms with Crippen molar-refractivity contribution in [2.24, 2.45) is 5.92 Å². The molecule has 3 aromatic rings. The van der Waals surface area contributed by atoms with Crippen LogP contribution in [0.5, 0.6) is 0 Å². The molecule has 0 bridgehead atoms. The molecule has 5 rings (SSSR count). The normalized spacial score (nSPS) is 18.5. The van der Waals surface area contributed by atoms with Crippen molar-refractivity contribution in [1.29, 1.82) is 0 Å². The minimum atomic E-state index is -0.419. The summed E-state index contributed by atoms with van der Waals surface area (Å²) in [5, 5.41) is 14.3. The van der Waals surface area contributed by atoms with Crippen LogP contribution in [0.1, 0.15) is 72.5 Å². The zero-order valence-corrected chi connectivity index (χ0v) is 19.1. The Hall–Kier alpha value is -2.80. The van der Waals surface area contributed by atoms with Crippen molar-refractivity contribution in [3.05, 3.63) is 53.3 Å². The average molecular weight is 451 g/mol. The van der Waals surface area contributed by atoms with E-state index in [4.69, 9.17) is 4.98 Å². The number of likely N-dealkylation sites (tertiary alicyclic amines) is 1. The lowest BCUT2D eigenvalue weighted by atomic mass is 9.84. The number of fused-ring (bicyclic) bond motifs is 1. The predicted molar refractivity (Wildman–Crippen MR) is 125 cm³/mol. The molecule has 7 heteroatoms. The highest BCUT2D eigenvalue weighted by Gasteiger charge is 2.35. The van der Waals surface area contributed by atoms with Crippen LogP contribution in [-0.2, 0) is 0 Å². The molecule has 1 atom stereocenters. The number of aliphatic hydroxyl groups is 1. The molecule has 6 nitrogen and oxygen atoms in total. The number of nitrogens with zero attached hydrogens (tertiary/aromatic N) is 4. The van der Waals surface area contributed by atoms with Gasteiger partial charge >= 0.3 is 0 Å². The van der Waals surface area contributed by atoms with E-state index < -0.39 is 6.67 Å². The molecule has 174 valence electrons. The van der Waals surface area contributed by atoms with Gasteiger partial charge in [-0.3, -0.25) is 9.18 Å². The fourth-order valence-corrected chi connectivity index (χ4v) is 5.10. The van der Waals surface area contributed by atoms with Crippen LogP contribution in [0.25, 0.3) is 16.9 Å². The Labute approximate surface area is 193 Å². The fourth-order valence-electron chi connectivity index (χ4n) is 5.10. The average Bonchev–Trinajstić information content (AvgIpc) is 3.22. The first-order valence-electron chi connectivity index (χ1n) is 12.0. The molecule has 1 saturated carbocycles. The molecule has 1 N–H and O–H groups in total. The Kier molecular flexibility index (Phi) is 6.15. The summed E-state index contributed by atoms with van der Waals surface area (Å²) < 4.78 is 14.5. The maximum Gasteiger partial charge on any atom is 0.259 e. The third-order valence-corrected chi connectivity index (χ3v) is 7.21. The molecule has 0 spiro atoms. The Balaban J connectivity index is 1.49. The van der Waals surface area contributed by atoms with E-state index in [0.29, 0.717) is 35.9 Å². The van der Waals surface area contributed by atoms with Gasteiger partial charge in [-0.25, -0.2) is 9.50 Å². The van der Waals surface area contributed by atoms with Gasteiger partial charge in [0.15, 0.2) is 5.65 Å². The second-order valence-electron chi connectivity index (χ2n) is 9.61. The van der Waals surface area contributed by atoms with E-state index in [-0.39, 0.29) is 24.3 Å². The number of amides is 1. The van der Waals surface area contributed by atoms with Gasteiger partial charge in [0.2, 0.25) is 0 Å². The van der Waals surface area contributed by atoms with Gasteiger partial charge in [0.1, 0.15) is 5.56 Å². The number of carbonyl (C=O) groups excluding carboxylic acids is 1. The quantitative estimate of drug-likeness (QED) is 0.597. The Bertz CT molecular complexity index is 1130. The molecule has 1 amide bonds. The molecule has 2 aliphatic rings. The lowest BCUT2D eigenvalue weighted by Gasteiger charge is -2.37. The first-order chi connectivity index (χ1) is 16.1. The maximum atomic E-state index is 13.3. The van der Waals surface area contributed by atoms with E-state index >= 15 is 0 Å². The van der Waals surface area contributed by atoms with E-state index in [1.165, 1.54) is 37.7 Å². The molecule has 3 heterocycles. The second kappa shape index (κ2) is 9.21. The van der Waals surface area contributed by atoms with E-state index in [9.17, 15) is 14.3 Å². The number of carbonyl (C=O) groups is 1. The zero-order chi connectivity index (χ0) is 22.9. The molecule has 2 aromatic heterocycles. The van der Waals surface area contributed by atoms with E-state index in [1.54, 1.807) is 9.42 Å². The van der Waals surface area contributed by atoms with Crippen LogP contribution in [0.4, 0.5) is 4.39 Å². The van der Waals surface area contributed by atoms with Crippen LogP contribution < -0.4 is 0 Å². The number of halogens is 1. The highest BCUT2D eigenvalue weighted by molar-refractivity contribution is 6.01. The molecular formula is C26H31FN4O2. The van der Waals surface area contributed by atoms with E-state index in [0.717, 1.165) is 11.3 Å². The Morgan fingerprint density at radius 2 is 1.88 bits per heavy atom. The largest absolute Gasteiger partial charge is 0.396 e. The predicted octanol–water partition coefficient (Wildman–Crippen LogP) is 4.58. The Morgan fingerprint density at radius 1 is 1.15 bits per heavy atom. The number of hydrogen-bond acceptors (Lipinski definition) is 4. The van der Waals surface area contributed by atoms with Gasteiger partial charge in [-0.15, -0.1) is 0 Å². The van der Waals surface area contributed by atoms with Crippen molar-refractivity contribution in [2.45, 2.75) is 50.9 Å². The standard InChI is InChI=1S/C26H31FN4O2/c1-17(16-32)24-23(26(33)30-14-18(13-27)15-30)25-28-22(11-12-31(25)29-24)21-9-7-20(8-10-21)19-5-3-2-4-6-19/h7-12,17-19,32H,2-6,13-16H2,1H3. The Morgan fingerprint density at radius 3 is 2.55 bits per heavy atom. The summed E-state index contributed by atoms with van der Waals surface area (Å²) in [5.74, 6) is 0.0552. The van der Waals surface area contributed by atoms with Crippen molar-refractivity contribution in [3.63, 3.8) is 0 Å². The lowest BCUT2D eigenvalue weighted by molar-refractivity contribution is 0.0452. The van der Waals surface area contributed by atoms with Gasteiger partial charge in [0.25, 0.3) is 5.91 Å². The number of rotatable bonds is 6. The van der Waals surface area contributed by atoms with Crippen LogP contribution in [-0.4, -0.2) is 56.9 Å². The zero-order valence-electron chi connectivity index (χ0n) is 19.1. The van der Waals surface area contributed by atoms with Gasteiger partial charge in [-0.1, -0.05) is 50.5 Å². The summed E-state index contributed by atoms with van der Waals surface area (Å²) in [6.07, 6.45) is 8.29. The third-order valence-electron chi connectivity index (χ3n) is 7.21. The summed E-state index contributed by atoms with van der Waals surface area (Å²) in [5.41, 5.74) is 4.58. The molecule has 0 radical (unpaired) electrons. The molecular weight excluding hydrogens is 419 g/mol. The minimum Gasteiger partial charge on any atom is -0.396 e. The molecule has 1 unspecified atom stereocenters. The molecule has 1 aliphatic heterocycles. The number of alkyl halides is 1. The van der Waals surface area contributed by atoms with Crippen molar-refractivity contribution < 1.29 is 14.3 Å². The smallest absolute Gasteiger partial charge is 0.259 e. The summed E-state index contributed by atoms with van der Waals surface area (Å²) >= 11 is 0. The molecule has 2 fully saturated rings. The van der Waals surface area contributed by atoms with Gasteiger partial charge in [0.05, 0.1) is 24.7 Å². The first kappa shape index (κ1) is 22.0. The monoisotopic (exact) mass is 450 g/mol. The van der Waals surface area contributed by atoms with Gasteiger partial charge in [0, 0.05) is 36.7 Å². The third kappa shape index (κ3) is 4.14. The molecule has 1 aliphatic carbocycles. The highest BCUT2D eigenvalue weighted by atomic mass is 19.1. The lowest BCUT2D eigenvalue weighted by Crippen LogP contribution is -2.51. The minimum absolute atomic E-state index is 0.0966. The van der Waals surface area contributed by atoms with Crippen LogP contribution in [0.2, 0.25) is 0 Å². The molecule has 33 heavy (non-hydrogen) atoms. The van der Waals surface area contributed by atoms with E-state index in [1.807, 2.05) is 19.2 Å². The van der Waals surface area contributed by atoms with Gasteiger partial charge in [-0.2, -0.15) is 5.10 Å².